The van der Waals surface area contributed by atoms with E-state index in [1.54, 1.807) is 0 Å². The van der Waals surface area contributed by atoms with Gasteiger partial charge in [0.15, 0.2) is 0 Å². The molecule has 0 aliphatic heterocycles. The molecule has 24 heavy (non-hydrogen) atoms. The molecule has 0 aliphatic rings. The number of aromatic nitrogens is 1. The van der Waals surface area contributed by atoms with Crippen LogP contribution in [0.1, 0.15) is 11.1 Å². The van der Waals surface area contributed by atoms with Gasteiger partial charge < -0.3 is 0 Å². The number of hydrogen-bond donors (Lipinski definition) is 0. The lowest BCUT2D eigenvalue weighted by Gasteiger charge is -2.09. The summed E-state index contributed by atoms with van der Waals surface area (Å²) in [5, 5.41) is 2.38. The van der Waals surface area contributed by atoms with E-state index >= 15 is 0 Å². The molecular weight excluding hydrogens is 290 g/mol. The Morgan fingerprint density at radius 3 is 2.08 bits per heavy atom. The van der Waals surface area contributed by atoms with Gasteiger partial charge in [-0.2, -0.15) is 0 Å². The summed E-state index contributed by atoms with van der Waals surface area (Å²) in [4.78, 5) is 4.74. The first-order chi connectivity index (χ1) is 11.9. The Bertz CT molecular complexity index is 986. The first-order valence-electron chi connectivity index (χ1n) is 8.08. The van der Waals surface area contributed by atoms with Crippen LogP contribution in [0.15, 0.2) is 91.1 Å². The molecule has 0 aliphatic carbocycles. The number of pyridine rings is 1. The summed E-state index contributed by atoms with van der Waals surface area (Å²) in [5.74, 6) is 0. The monoisotopic (exact) mass is 307 g/mol. The second-order valence-electron chi connectivity index (χ2n) is 5.72. The van der Waals surface area contributed by atoms with Crippen molar-refractivity contribution in [1.29, 1.82) is 0 Å². The lowest BCUT2D eigenvalue weighted by atomic mass is 9.99. The molecule has 1 aromatic heterocycles. The second kappa shape index (κ2) is 6.51. The van der Waals surface area contributed by atoms with E-state index in [0.717, 1.165) is 22.2 Å². The summed E-state index contributed by atoms with van der Waals surface area (Å²) in [7, 11) is 0. The molecule has 1 heteroatoms. The van der Waals surface area contributed by atoms with Gasteiger partial charge in [0.05, 0.1) is 5.69 Å². The van der Waals surface area contributed by atoms with Gasteiger partial charge in [-0.15, -0.1) is 0 Å². The van der Waals surface area contributed by atoms with E-state index in [1.165, 1.54) is 10.9 Å². The van der Waals surface area contributed by atoms with Crippen LogP contribution >= 0.6 is 0 Å². The van der Waals surface area contributed by atoms with Crippen LogP contribution in [0.4, 0.5) is 0 Å². The largest absolute Gasteiger partial charge is 0.255 e. The zero-order valence-electron chi connectivity index (χ0n) is 13.3. The zero-order valence-corrected chi connectivity index (χ0v) is 13.3. The molecule has 0 atom stereocenters. The Balaban J connectivity index is 1.92. The van der Waals surface area contributed by atoms with E-state index in [0.29, 0.717) is 0 Å². The van der Waals surface area contributed by atoms with Crippen LogP contribution in [-0.2, 0) is 0 Å². The maximum atomic E-state index is 4.74. The fraction of sp³-hybridized carbons (Fsp3) is 0. The maximum Gasteiger partial charge on any atom is 0.0780 e. The van der Waals surface area contributed by atoms with Gasteiger partial charge in [0, 0.05) is 22.7 Å². The summed E-state index contributed by atoms with van der Waals surface area (Å²) in [6.45, 7) is 0. The van der Waals surface area contributed by atoms with E-state index in [-0.39, 0.29) is 0 Å². The summed E-state index contributed by atoms with van der Waals surface area (Å²) in [6.07, 6.45) is 6.28. The number of fused-ring (bicyclic) bond motifs is 1. The lowest BCUT2D eigenvalue weighted by Crippen LogP contribution is -1.90. The molecule has 0 amide bonds. The molecule has 0 N–H and O–H groups in total. The highest BCUT2D eigenvalue weighted by Gasteiger charge is 2.08. The Morgan fingerprint density at radius 2 is 1.29 bits per heavy atom. The zero-order chi connectivity index (χ0) is 16.2. The summed E-state index contributed by atoms with van der Waals surface area (Å²) >= 11 is 0. The summed E-state index contributed by atoms with van der Waals surface area (Å²) in [6, 6.07) is 29.1. The van der Waals surface area contributed by atoms with Gasteiger partial charge in [-0.05, 0) is 10.9 Å². The predicted molar refractivity (Wildman–Crippen MR) is 103 cm³/mol. The molecule has 1 nitrogen and oxygen atoms in total. The second-order valence-corrected chi connectivity index (χ2v) is 5.72. The third-order valence-corrected chi connectivity index (χ3v) is 4.13. The first kappa shape index (κ1) is 14.4. The fourth-order valence-corrected chi connectivity index (χ4v) is 2.92. The molecule has 1 heterocycles. The summed E-state index contributed by atoms with van der Waals surface area (Å²) < 4.78 is 0. The van der Waals surface area contributed by atoms with Gasteiger partial charge in [-0.1, -0.05) is 97.1 Å². The fourth-order valence-electron chi connectivity index (χ4n) is 2.92. The van der Waals surface area contributed by atoms with Crippen molar-refractivity contribution in [3.63, 3.8) is 0 Å². The third kappa shape index (κ3) is 2.84. The van der Waals surface area contributed by atoms with Crippen LogP contribution in [0.25, 0.3) is 34.2 Å². The molecular formula is C23H17N. The minimum absolute atomic E-state index is 1.02. The molecule has 3 aromatic carbocycles. The molecule has 4 aromatic rings. The Labute approximate surface area is 141 Å². The Kier molecular flexibility index (Phi) is 3.91. The van der Waals surface area contributed by atoms with Crippen molar-refractivity contribution < 1.29 is 0 Å². The highest BCUT2D eigenvalue weighted by molar-refractivity contribution is 5.97. The normalized spacial score (nSPS) is 11.2. The van der Waals surface area contributed by atoms with Crippen LogP contribution in [0.3, 0.4) is 0 Å². The minimum Gasteiger partial charge on any atom is -0.255 e. The van der Waals surface area contributed by atoms with Crippen molar-refractivity contribution in [1.82, 2.24) is 4.98 Å². The van der Waals surface area contributed by atoms with Crippen molar-refractivity contribution in [2.75, 3.05) is 0 Å². The highest BCUT2D eigenvalue weighted by Crippen LogP contribution is 2.29. The Hall–Kier alpha value is -3.19. The van der Waals surface area contributed by atoms with Crippen molar-refractivity contribution in [3.8, 4) is 11.3 Å². The molecule has 0 fully saturated rings. The molecule has 0 unspecified atom stereocenters. The van der Waals surface area contributed by atoms with Crippen LogP contribution in [0, 0.1) is 0 Å². The maximum absolute atomic E-state index is 4.74. The van der Waals surface area contributed by atoms with Crippen molar-refractivity contribution in [3.05, 3.63) is 102 Å². The van der Waals surface area contributed by atoms with E-state index in [2.05, 4.69) is 84.9 Å². The molecule has 114 valence electrons. The topological polar surface area (TPSA) is 12.9 Å². The van der Waals surface area contributed by atoms with Crippen LogP contribution in [0.2, 0.25) is 0 Å². The van der Waals surface area contributed by atoms with Gasteiger partial charge in [-0.3, -0.25) is 4.98 Å². The minimum atomic E-state index is 1.02. The van der Waals surface area contributed by atoms with Gasteiger partial charge in [0.1, 0.15) is 0 Å². The number of rotatable bonds is 3. The predicted octanol–water partition coefficient (Wildman–Crippen LogP) is 6.07. The number of hydrogen-bond acceptors (Lipinski definition) is 1. The smallest absolute Gasteiger partial charge is 0.0780 e. The standard InChI is InChI=1S/C23H17N/c1-3-9-18(10-4-1)15-16-22-21-14-8-7-13-20(21)17-24-23(22)19-11-5-2-6-12-19/h1-17H/b16-15+. The molecule has 0 saturated carbocycles. The number of benzene rings is 3. The van der Waals surface area contributed by atoms with Crippen LogP contribution in [-0.4, -0.2) is 4.98 Å². The van der Waals surface area contributed by atoms with Gasteiger partial charge in [-0.25, -0.2) is 0 Å². The quantitative estimate of drug-likeness (QED) is 0.447. The highest BCUT2D eigenvalue weighted by atomic mass is 14.7. The van der Waals surface area contributed by atoms with E-state index < -0.39 is 0 Å². The van der Waals surface area contributed by atoms with Crippen LogP contribution in [0.5, 0.6) is 0 Å². The average molecular weight is 307 g/mol. The van der Waals surface area contributed by atoms with E-state index in [4.69, 9.17) is 4.98 Å². The molecule has 0 saturated heterocycles. The first-order valence-corrected chi connectivity index (χ1v) is 8.08. The third-order valence-electron chi connectivity index (χ3n) is 4.13. The summed E-state index contributed by atoms with van der Waals surface area (Å²) in [5.41, 5.74) is 4.49. The van der Waals surface area contributed by atoms with Gasteiger partial charge in [0.25, 0.3) is 0 Å². The SMILES string of the molecule is C(=C\c1c(-c2ccccc2)ncc2ccccc12)/c1ccccc1. The van der Waals surface area contributed by atoms with Crippen molar-refractivity contribution >= 4 is 22.9 Å². The van der Waals surface area contributed by atoms with E-state index in [1.807, 2.05) is 18.3 Å². The van der Waals surface area contributed by atoms with Crippen molar-refractivity contribution in [2.45, 2.75) is 0 Å². The molecule has 4 rings (SSSR count). The molecule has 0 bridgehead atoms. The van der Waals surface area contributed by atoms with Crippen molar-refractivity contribution in [2.24, 2.45) is 0 Å². The molecule has 0 spiro atoms. The van der Waals surface area contributed by atoms with Gasteiger partial charge >= 0.3 is 0 Å². The number of nitrogens with zero attached hydrogens (tertiary/aromatic N) is 1. The Morgan fingerprint density at radius 1 is 0.625 bits per heavy atom. The van der Waals surface area contributed by atoms with Gasteiger partial charge in [0.2, 0.25) is 0 Å². The lowest BCUT2D eigenvalue weighted by molar-refractivity contribution is 1.35. The average Bonchev–Trinajstić information content (AvgIpc) is 2.67. The molecule has 0 radical (unpaired) electrons. The van der Waals surface area contributed by atoms with Crippen LogP contribution < -0.4 is 0 Å². The van der Waals surface area contributed by atoms with E-state index in [9.17, 15) is 0 Å².